The quantitative estimate of drug-likeness (QED) is 0.743. The SMILES string of the molecule is O=S(=O)(c1cccnc1)N(CCN1CCOCC1)C1CCOCC1. The number of ether oxygens (including phenoxy) is 2. The fourth-order valence-electron chi connectivity index (χ4n) is 3.17. The third-order valence-corrected chi connectivity index (χ3v) is 6.51. The van der Waals surface area contributed by atoms with Crippen LogP contribution in [0.4, 0.5) is 0 Å². The number of aromatic nitrogens is 1. The lowest BCUT2D eigenvalue weighted by molar-refractivity contribution is 0.0291. The van der Waals surface area contributed by atoms with Crippen molar-refractivity contribution in [3.63, 3.8) is 0 Å². The van der Waals surface area contributed by atoms with Gasteiger partial charge in [-0.1, -0.05) is 0 Å². The molecule has 3 rings (SSSR count). The Balaban J connectivity index is 1.75. The number of rotatable bonds is 6. The minimum Gasteiger partial charge on any atom is -0.381 e. The van der Waals surface area contributed by atoms with Gasteiger partial charge in [-0.3, -0.25) is 9.88 Å². The van der Waals surface area contributed by atoms with E-state index in [1.807, 2.05) is 0 Å². The van der Waals surface area contributed by atoms with Crippen LogP contribution < -0.4 is 0 Å². The van der Waals surface area contributed by atoms with Gasteiger partial charge < -0.3 is 9.47 Å². The molecule has 0 saturated carbocycles. The lowest BCUT2D eigenvalue weighted by Gasteiger charge is -2.35. The first-order valence-electron chi connectivity index (χ1n) is 8.47. The van der Waals surface area contributed by atoms with Crippen molar-refractivity contribution in [2.75, 3.05) is 52.6 Å². The second-order valence-corrected chi connectivity index (χ2v) is 7.99. The summed E-state index contributed by atoms with van der Waals surface area (Å²) in [5.41, 5.74) is 0. The second kappa shape index (κ2) is 8.35. The van der Waals surface area contributed by atoms with Gasteiger partial charge in [0.05, 0.1) is 13.2 Å². The van der Waals surface area contributed by atoms with Gasteiger partial charge in [-0.25, -0.2) is 8.42 Å². The average molecular weight is 355 g/mol. The van der Waals surface area contributed by atoms with E-state index in [1.165, 1.54) is 6.20 Å². The first-order valence-corrected chi connectivity index (χ1v) is 9.91. The second-order valence-electron chi connectivity index (χ2n) is 6.10. The molecule has 0 radical (unpaired) electrons. The van der Waals surface area contributed by atoms with Crippen LogP contribution in [0.3, 0.4) is 0 Å². The van der Waals surface area contributed by atoms with Crippen molar-refractivity contribution in [1.82, 2.24) is 14.2 Å². The van der Waals surface area contributed by atoms with Crippen LogP contribution >= 0.6 is 0 Å². The van der Waals surface area contributed by atoms with Crippen LogP contribution in [0.1, 0.15) is 12.8 Å². The molecule has 2 aliphatic rings. The Hall–Kier alpha value is -1.06. The maximum absolute atomic E-state index is 13.1. The van der Waals surface area contributed by atoms with E-state index >= 15 is 0 Å². The minimum absolute atomic E-state index is 0.00926. The van der Waals surface area contributed by atoms with Crippen LogP contribution in [0.25, 0.3) is 0 Å². The number of sulfonamides is 1. The van der Waals surface area contributed by atoms with Crippen molar-refractivity contribution in [1.29, 1.82) is 0 Å². The Bertz CT molecular complexity index is 599. The van der Waals surface area contributed by atoms with E-state index in [0.29, 0.717) is 33.0 Å². The molecule has 2 aliphatic heterocycles. The normalized spacial score (nSPS) is 21.2. The van der Waals surface area contributed by atoms with Crippen LogP contribution in [0, 0.1) is 0 Å². The molecular formula is C16H25N3O4S. The predicted molar refractivity (Wildman–Crippen MR) is 89.2 cm³/mol. The molecule has 1 aromatic rings. The molecule has 1 aromatic heterocycles. The Morgan fingerprint density at radius 2 is 1.88 bits per heavy atom. The van der Waals surface area contributed by atoms with Gasteiger partial charge in [0, 0.05) is 57.8 Å². The largest absolute Gasteiger partial charge is 0.381 e. The van der Waals surface area contributed by atoms with E-state index in [-0.39, 0.29) is 10.9 Å². The molecule has 0 N–H and O–H groups in total. The van der Waals surface area contributed by atoms with Gasteiger partial charge in [-0.2, -0.15) is 4.31 Å². The zero-order valence-electron chi connectivity index (χ0n) is 13.8. The van der Waals surface area contributed by atoms with Crippen LogP contribution in [0.5, 0.6) is 0 Å². The summed E-state index contributed by atoms with van der Waals surface area (Å²) < 4.78 is 38.6. The molecule has 24 heavy (non-hydrogen) atoms. The summed E-state index contributed by atoms with van der Waals surface area (Å²) in [5, 5.41) is 0. The van der Waals surface area contributed by atoms with Gasteiger partial charge in [0.25, 0.3) is 0 Å². The molecule has 7 nitrogen and oxygen atoms in total. The van der Waals surface area contributed by atoms with Gasteiger partial charge in [-0.05, 0) is 25.0 Å². The molecule has 0 unspecified atom stereocenters. The standard InChI is InChI=1S/C16H25N3O4S/c20-24(21,16-2-1-5-17-14-16)19(15-3-10-22-11-4-15)7-6-18-8-12-23-13-9-18/h1-2,5,14-15H,3-4,6-13H2. The summed E-state index contributed by atoms with van der Waals surface area (Å²) in [4.78, 5) is 6.49. The summed E-state index contributed by atoms with van der Waals surface area (Å²) in [6, 6.07) is 3.27. The average Bonchev–Trinajstić information content (AvgIpc) is 2.64. The summed E-state index contributed by atoms with van der Waals surface area (Å²) in [5.74, 6) is 0. The first-order chi connectivity index (χ1) is 11.7. The molecular weight excluding hydrogens is 330 g/mol. The van der Waals surface area contributed by atoms with Crippen LogP contribution in [0.2, 0.25) is 0 Å². The molecule has 0 atom stereocenters. The molecule has 0 aromatic carbocycles. The van der Waals surface area contributed by atoms with Crippen molar-refractivity contribution in [2.45, 2.75) is 23.8 Å². The Labute approximate surface area is 143 Å². The highest BCUT2D eigenvalue weighted by Crippen LogP contribution is 2.23. The number of morpholine rings is 1. The van der Waals surface area contributed by atoms with E-state index in [4.69, 9.17) is 9.47 Å². The lowest BCUT2D eigenvalue weighted by atomic mass is 10.1. The van der Waals surface area contributed by atoms with Crippen LogP contribution in [-0.2, 0) is 19.5 Å². The highest BCUT2D eigenvalue weighted by Gasteiger charge is 2.33. The summed E-state index contributed by atoms with van der Waals surface area (Å²) in [7, 11) is -3.54. The van der Waals surface area contributed by atoms with E-state index in [1.54, 1.807) is 22.6 Å². The number of hydrogen-bond acceptors (Lipinski definition) is 6. The van der Waals surface area contributed by atoms with E-state index in [2.05, 4.69) is 9.88 Å². The molecule has 0 aliphatic carbocycles. The highest BCUT2D eigenvalue weighted by molar-refractivity contribution is 7.89. The van der Waals surface area contributed by atoms with Gasteiger partial charge in [0.1, 0.15) is 4.90 Å². The van der Waals surface area contributed by atoms with Crippen molar-refractivity contribution in [2.24, 2.45) is 0 Å². The smallest absolute Gasteiger partial charge is 0.244 e. The topological polar surface area (TPSA) is 72.0 Å². The summed E-state index contributed by atoms with van der Waals surface area (Å²) >= 11 is 0. The third kappa shape index (κ3) is 4.31. The molecule has 134 valence electrons. The van der Waals surface area contributed by atoms with Crippen molar-refractivity contribution >= 4 is 10.0 Å². The first kappa shape index (κ1) is 17.8. The van der Waals surface area contributed by atoms with Gasteiger partial charge in [0.2, 0.25) is 10.0 Å². The number of pyridine rings is 1. The fraction of sp³-hybridized carbons (Fsp3) is 0.688. The number of nitrogens with zero attached hydrogens (tertiary/aromatic N) is 3. The Morgan fingerprint density at radius 1 is 1.17 bits per heavy atom. The van der Waals surface area contributed by atoms with Crippen LogP contribution in [0.15, 0.2) is 29.4 Å². The summed E-state index contributed by atoms with van der Waals surface area (Å²) in [6.45, 7) is 5.58. The minimum atomic E-state index is -3.54. The predicted octanol–water partition coefficient (Wildman–Crippen LogP) is 0.584. The van der Waals surface area contributed by atoms with Gasteiger partial charge >= 0.3 is 0 Å². The fourth-order valence-corrected chi connectivity index (χ4v) is 4.81. The highest BCUT2D eigenvalue weighted by atomic mass is 32.2. The van der Waals surface area contributed by atoms with Crippen molar-refractivity contribution in [3.8, 4) is 0 Å². The Kier molecular flexibility index (Phi) is 6.18. The van der Waals surface area contributed by atoms with E-state index in [9.17, 15) is 8.42 Å². The molecule has 2 fully saturated rings. The molecule has 0 amide bonds. The van der Waals surface area contributed by atoms with Crippen molar-refractivity contribution < 1.29 is 17.9 Å². The van der Waals surface area contributed by atoms with Gasteiger partial charge in [-0.15, -0.1) is 0 Å². The maximum Gasteiger partial charge on any atom is 0.244 e. The molecule has 3 heterocycles. The van der Waals surface area contributed by atoms with Gasteiger partial charge in [0.15, 0.2) is 0 Å². The third-order valence-electron chi connectivity index (χ3n) is 4.58. The van der Waals surface area contributed by atoms with E-state index in [0.717, 1.165) is 32.5 Å². The monoisotopic (exact) mass is 355 g/mol. The molecule has 2 saturated heterocycles. The van der Waals surface area contributed by atoms with Crippen molar-refractivity contribution in [3.05, 3.63) is 24.5 Å². The molecule has 8 heteroatoms. The van der Waals surface area contributed by atoms with E-state index < -0.39 is 10.0 Å². The molecule has 0 spiro atoms. The lowest BCUT2D eigenvalue weighted by Crippen LogP contribution is -2.48. The zero-order chi connectivity index (χ0) is 16.8. The van der Waals surface area contributed by atoms with Crippen LogP contribution in [-0.4, -0.2) is 81.3 Å². The molecule has 0 bridgehead atoms. The Morgan fingerprint density at radius 3 is 2.54 bits per heavy atom. The maximum atomic E-state index is 13.1. The number of hydrogen-bond donors (Lipinski definition) is 0. The summed E-state index contributed by atoms with van der Waals surface area (Å²) in [6.07, 6.45) is 4.49. The zero-order valence-corrected chi connectivity index (χ0v) is 14.7.